The number of nitrogens with zero attached hydrogens (tertiary/aromatic N) is 3. The summed E-state index contributed by atoms with van der Waals surface area (Å²) in [6.07, 6.45) is 7.40. The van der Waals surface area contributed by atoms with E-state index in [1.807, 2.05) is 42.9 Å². The van der Waals surface area contributed by atoms with Crippen molar-refractivity contribution in [2.24, 2.45) is 0 Å². The molecule has 0 amide bonds. The number of hydrogen-bond acceptors (Lipinski definition) is 4. The third-order valence-electron chi connectivity index (χ3n) is 5.20. The Balaban J connectivity index is 0.00000225. The van der Waals surface area contributed by atoms with E-state index in [1.54, 1.807) is 13.3 Å². The molecule has 144 valence electrons. The van der Waals surface area contributed by atoms with Gasteiger partial charge < -0.3 is 14.0 Å². The molecule has 3 aromatic rings. The van der Waals surface area contributed by atoms with Gasteiger partial charge in [-0.05, 0) is 53.8 Å². The SMILES string of the molecule is COc1ccc(C2(CCCn3ccnc3)OCc3cc(C#N)ccc32)cc1.Cl. The third-order valence-corrected chi connectivity index (χ3v) is 5.20. The Morgan fingerprint density at radius 3 is 2.75 bits per heavy atom. The topological polar surface area (TPSA) is 60.1 Å². The van der Waals surface area contributed by atoms with Crippen LogP contribution in [0.15, 0.2) is 61.2 Å². The summed E-state index contributed by atoms with van der Waals surface area (Å²) in [5, 5.41) is 9.21. The lowest BCUT2D eigenvalue weighted by molar-refractivity contribution is -0.0137. The average Bonchev–Trinajstić information content (AvgIpc) is 3.36. The molecule has 1 atom stereocenters. The van der Waals surface area contributed by atoms with Gasteiger partial charge in [0.15, 0.2) is 0 Å². The van der Waals surface area contributed by atoms with Crippen molar-refractivity contribution >= 4 is 12.4 Å². The molecule has 5 nitrogen and oxygen atoms in total. The van der Waals surface area contributed by atoms with E-state index in [0.29, 0.717) is 12.2 Å². The summed E-state index contributed by atoms with van der Waals surface area (Å²) in [5.74, 6) is 0.824. The highest BCUT2D eigenvalue weighted by Crippen LogP contribution is 2.46. The molecule has 0 N–H and O–H groups in total. The molecule has 0 radical (unpaired) electrons. The Morgan fingerprint density at radius 1 is 1.25 bits per heavy atom. The number of aromatic nitrogens is 2. The Labute approximate surface area is 171 Å². The van der Waals surface area contributed by atoms with Gasteiger partial charge in [0.2, 0.25) is 0 Å². The summed E-state index contributed by atoms with van der Waals surface area (Å²) < 4.78 is 13.8. The molecule has 1 aliphatic heterocycles. The predicted molar refractivity (Wildman–Crippen MR) is 108 cm³/mol. The Bertz CT molecular complexity index is 964. The van der Waals surface area contributed by atoms with E-state index in [2.05, 4.69) is 27.8 Å². The number of imidazole rings is 1. The Kier molecular flexibility index (Phi) is 6.03. The second kappa shape index (κ2) is 8.47. The quantitative estimate of drug-likeness (QED) is 0.619. The summed E-state index contributed by atoms with van der Waals surface area (Å²) in [6.45, 7) is 1.40. The minimum absolute atomic E-state index is 0. The Hall–Kier alpha value is -2.81. The average molecular weight is 396 g/mol. The van der Waals surface area contributed by atoms with Crippen molar-refractivity contribution in [3.05, 3.63) is 83.4 Å². The molecule has 6 heteroatoms. The van der Waals surface area contributed by atoms with Gasteiger partial charge in [-0.3, -0.25) is 0 Å². The summed E-state index contributed by atoms with van der Waals surface area (Å²) >= 11 is 0. The predicted octanol–water partition coefficient (Wildman–Crippen LogP) is 4.44. The maximum Gasteiger partial charge on any atom is 0.119 e. The number of halogens is 1. The largest absolute Gasteiger partial charge is 0.497 e. The van der Waals surface area contributed by atoms with Crippen molar-refractivity contribution in [3.8, 4) is 11.8 Å². The first kappa shape index (κ1) is 19.9. The monoisotopic (exact) mass is 395 g/mol. The van der Waals surface area contributed by atoms with E-state index in [-0.39, 0.29) is 12.4 Å². The number of nitriles is 1. The van der Waals surface area contributed by atoms with Crippen LogP contribution in [0.3, 0.4) is 0 Å². The standard InChI is InChI=1S/C22H21N3O2.ClH/c1-26-20-6-4-19(5-7-20)22(9-2-11-25-12-10-24-16-25)21-8-3-17(14-23)13-18(21)15-27-22;/h3-8,10,12-13,16H,2,9,11,15H2,1H3;1H. The van der Waals surface area contributed by atoms with Crippen molar-refractivity contribution in [2.45, 2.75) is 31.6 Å². The lowest BCUT2D eigenvalue weighted by Crippen LogP contribution is -2.27. The minimum Gasteiger partial charge on any atom is -0.497 e. The van der Waals surface area contributed by atoms with Crippen molar-refractivity contribution in [1.82, 2.24) is 9.55 Å². The molecule has 0 fully saturated rings. The summed E-state index contributed by atoms with van der Waals surface area (Å²) in [4.78, 5) is 4.11. The van der Waals surface area contributed by atoms with Crippen LogP contribution in [-0.4, -0.2) is 16.7 Å². The van der Waals surface area contributed by atoms with Crippen LogP contribution in [0.1, 0.15) is 35.1 Å². The van der Waals surface area contributed by atoms with Crippen LogP contribution in [0.5, 0.6) is 5.75 Å². The summed E-state index contributed by atoms with van der Waals surface area (Å²) in [7, 11) is 1.67. The van der Waals surface area contributed by atoms with Crippen molar-refractivity contribution in [2.75, 3.05) is 7.11 Å². The molecule has 28 heavy (non-hydrogen) atoms. The molecule has 4 rings (SSSR count). The molecule has 0 saturated carbocycles. The normalized spacial score (nSPS) is 17.4. The van der Waals surface area contributed by atoms with E-state index in [1.165, 1.54) is 0 Å². The molecule has 1 aliphatic rings. The zero-order valence-corrected chi connectivity index (χ0v) is 16.5. The maximum absolute atomic E-state index is 9.21. The molecule has 0 aliphatic carbocycles. The molecule has 2 aromatic carbocycles. The van der Waals surface area contributed by atoms with Gasteiger partial charge >= 0.3 is 0 Å². The molecule has 1 unspecified atom stereocenters. The smallest absolute Gasteiger partial charge is 0.119 e. The lowest BCUT2D eigenvalue weighted by atomic mass is 9.81. The fraction of sp³-hybridized carbons (Fsp3) is 0.273. The zero-order chi connectivity index (χ0) is 18.7. The van der Waals surface area contributed by atoms with Gasteiger partial charge in [-0.25, -0.2) is 4.98 Å². The van der Waals surface area contributed by atoms with E-state index < -0.39 is 5.60 Å². The van der Waals surface area contributed by atoms with Crippen LogP contribution in [0.2, 0.25) is 0 Å². The van der Waals surface area contributed by atoms with Crippen molar-refractivity contribution < 1.29 is 9.47 Å². The highest BCUT2D eigenvalue weighted by molar-refractivity contribution is 5.85. The minimum atomic E-state index is -0.504. The second-order valence-corrected chi connectivity index (χ2v) is 6.73. The number of hydrogen-bond donors (Lipinski definition) is 0. The number of benzene rings is 2. The van der Waals surface area contributed by atoms with Crippen molar-refractivity contribution in [3.63, 3.8) is 0 Å². The van der Waals surface area contributed by atoms with Gasteiger partial charge in [0, 0.05) is 18.9 Å². The van der Waals surface area contributed by atoms with Crippen LogP contribution in [0.4, 0.5) is 0 Å². The fourth-order valence-electron chi connectivity index (χ4n) is 3.84. The van der Waals surface area contributed by atoms with Gasteiger partial charge in [-0.2, -0.15) is 5.26 Å². The number of ether oxygens (including phenoxy) is 2. The molecular weight excluding hydrogens is 374 g/mol. The van der Waals surface area contributed by atoms with Crippen LogP contribution >= 0.6 is 12.4 Å². The van der Waals surface area contributed by atoms with Crippen LogP contribution in [-0.2, 0) is 23.5 Å². The lowest BCUT2D eigenvalue weighted by Gasteiger charge is -2.31. The van der Waals surface area contributed by atoms with Gasteiger partial charge in [-0.1, -0.05) is 18.2 Å². The number of fused-ring (bicyclic) bond motifs is 1. The molecule has 2 heterocycles. The van der Waals surface area contributed by atoms with Gasteiger partial charge in [0.1, 0.15) is 11.4 Å². The number of rotatable bonds is 6. The molecule has 0 spiro atoms. The third kappa shape index (κ3) is 3.62. The molecule has 1 aromatic heterocycles. The van der Waals surface area contributed by atoms with E-state index in [0.717, 1.165) is 41.8 Å². The van der Waals surface area contributed by atoms with Crippen molar-refractivity contribution in [1.29, 1.82) is 5.26 Å². The fourth-order valence-corrected chi connectivity index (χ4v) is 3.84. The van der Waals surface area contributed by atoms with Gasteiger partial charge in [-0.15, -0.1) is 12.4 Å². The van der Waals surface area contributed by atoms with Crippen LogP contribution in [0, 0.1) is 11.3 Å². The van der Waals surface area contributed by atoms with Crippen LogP contribution < -0.4 is 4.74 Å². The highest BCUT2D eigenvalue weighted by Gasteiger charge is 2.41. The Morgan fingerprint density at radius 2 is 2.07 bits per heavy atom. The van der Waals surface area contributed by atoms with Gasteiger partial charge in [0.05, 0.1) is 31.7 Å². The molecular formula is C22H22ClN3O2. The zero-order valence-electron chi connectivity index (χ0n) is 15.7. The molecule has 0 saturated heterocycles. The first-order valence-corrected chi connectivity index (χ1v) is 9.03. The highest BCUT2D eigenvalue weighted by atomic mass is 35.5. The molecule has 0 bridgehead atoms. The van der Waals surface area contributed by atoms with Gasteiger partial charge in [0.25, 0.3) is 0 Å². The number of methoxy groups -OCH3 is 1. The van der Waals surface area contributed by atoms with E-state index in [9.17, 15) is 5.26 Å². The van der Waals surface area contributed by atoms with Crippen LogP contribution in [0.25, 0.3) is 0 Å². The first-order valence-electron chi connectivity index (χ1n) is 9.03. The maximum atomic E-state index is 9.21. The number of aryl methyl sites for hydroxylation is 1. The van der Waals surface area contributed by atoms with E-state index >= 15 is 0 Å². The second-order valence-electron chi connectivity index (χ2n) is 6.73. The summed E-state index contributed by atoms with van der Waals surface area (Å²) in [6, 6.07) is 16.2. The first-order chi connectivity index (χ1) is 13.2. The van der Waals surface area contributed by atoms with E-state index in [4.69, 9.17) is 9.47 Å². The summed E-state index contributed by atoms with van der Waals surface area (Å²) in [5.41, 5.74) is 3.51.